The number of hydrogen-bond donors (Lipinski definition) is 2. The quantitative estimate of drug-likeness (QED) is 0.753. The second-order valence-electron chi connectivity index (χ2n) is 8.25. The molecular weight excluding hydrogens is 338 g/mol. The van der Waals surface area contributed by atoms with Gasteiger partial charge in [-0.2, -0.15) is 5.06 Å². The van der Waals surface area contributed by atoms with E-state index in [9.17, 15) is 4.79 Å². The number of nitrogens with one attached hydrogen (secondary N) is 2. The summed E-state index contributed by atoms with van der Waals surface area (Å²) >= 11 is 0. The maximum atomic E-state index is 12.0. The zero-order valence-electron chi connectivity index (χ0n) is 17.8. The summed E-state index contributed by atoms with van der Waals surface area (Å²) < 4.78 is 0. The second-order valence-corrected chi connectivity index (χ2v) is 8.25. The Balaban J connectivity index is 2.18. The maximum absolute atomic E-state index is 12.0. The van der Waals surface area contributed by atoms with Crippen LogP contribution in [0.2, 0.25) is 0 Å². The van der Waals surface area contributed by atoms with E-state index in [0.717, 1.165) is 25.7 Å². The highest BCUT2D eigenvalue weighted by Gasteiger charge is 2.54. The van der Waals surface area contributed by atoms with Crippen LogP contribution < -0.4 is 10.6 Å². The molecule has 0 aliphatic carbocycles. The highest BCUT2D eigenvalue weighted by molar-refractivity contribution is 5.73. The van der Waals surface area contributed by atoms with Crippen molar-refractivity contribution in [1.29, 1.82) is 0 Å². The van der Waals surface area contributed by atoms with E-state index in [2.05, 4.69) is 74.6 Å². The van der Waals surface area contributed by atoms with Gasteiger partial charge in [0.2, 0.25) is 0 Å². The van der Waals surface area contributed by atoms with Gasteiger partial charge in [-0.3, -0.25) is 4.84 Å². The van der Waals surface area contributed by atoms with Crippen molar-refractivity contribution in [3.8, 4) is 0 Å². The molecular formula is C22H37N3O2. The smallest absolute Gasteiger partial charge is 0.314 e. The molecule has 1 aliphatic heterocycles. The van der Waals surface area contributed by atoms with Crippen LogP contribution in [0.5, 0.6) is 0 Å². The lowest BCUT2D eigenvalue weighted by Gasteiger charge is -2.59. The van der Waals surface area contributed by atoms with Gasteiger partial charge in [-0.25, -0.2) is 4.79 Å². The fraction of sp³-hybridized carbons (Fsp3) is 0.682. The molecule has 2 N–H and O–H groups in total. The number of carbonyl (C=O) groups is 1. The first-order valence-corrected chi connectivity index (χ1v) is 10.3. The molecule has 1 aromatic carbocycles. The first-order valence-electron chi connectivity index (χ1n) is 10.3. The number of nitrogens with zero attached hydrogens (tertiary/aromatic N) is 1. The van der Waals surface area contributed by atoms with Crippen molar-refractivity contribution in [3.05, 3.63) is 35.9 Å². The van der Waals surface area contributed by atoms with E-state index in [4.69, 9.17) is 4.84 Å². The average Bonchev–Trinajstić information content (AvgIpc) is 2.69. The molecule has 4 unspecified atom stereocenters. The molecule has 1 saturated heterocycles. The SMILES string of the molecule is CCC1(C)CC(NC(=O)NC)C(C)C(C)(CC)N1OCCc1ccccc1. The Morgan fingerprint density at radius 1 is 1.22 bits per heavy atom. The minimum atomic E-state index is -0.147. The third-order valence-electron chi connectivity index (χ3n) is 6.67. The lowest BCUT2D eigenvalue weighted by molar-refractivity contribution is -0.306. The molecule has 5 heteroatoms. The minimum Gasteiger partial charge on any atom is -0.341 e. The van der Waals surface area contributed by atoms with E-state index in [1.54, 1.807) is 7.05 Å². The number of amides is 2. The predicted molar refractivity (Wildman–Crippen MR) is 110 cm³/mol. The number of piperidine rings is 1. The standard InChI is InChI=1S/C22H37N3O2/c1-7-21(4)16-19(24-20(26)23-6)17(3)22(5,8-2)25(21)27-15-14-18-12-10-9-11-13-18/h9-13,17,19H,7-8,14-16H2,1-6H3,(H2,23,24,26). The van der Waals surface area contributed by atoms with Crippen LogP contribution in [0.4, 0.5) is 4.79 Å². The third kappa shape index (κ3) is 4.64. The molecule has 1 heterocycles. The van der Waals surface area contributed by atoms with Gasteiger partial charge in [0.25, 0.3) is 0 Å². The van der Waals surface area contributed by atoms with Crippen molar-refractivity contribution >= 4 is 6.03 Å². The summed E-state index contributed by atoms with van der Waals surface area (Å²) in [5.41, 5.74) is 1.02. The summed E-state index contributed by atoms with van der Waals surface area (Å²) in [6, 6.07) is 10.5. The zero-order valence-corrected chi connectivity index (χ0v) is 17.8. The number of rotatable bonds is 7. The largest absolute Gasteiger partial charge is 0.341 e. The first kappa shape index (κ1) is 21.7. The van der Waals surface area contributed by atoms with Crippen molar-refractivity contribution in [2.75, 3.05) is 13.7 Å². The van der Waals surface area contributed by atoms with Crippen molar-refractivity contribution in [2.45, 2.75) is 77.4 Å². The minimum absolute atomic E-state index is 0.109. The normalized spacial score (nSPS) is 31.5. The molecule has 1 fully saturated rings. The van der Waals surface area contributed by atoms with Crippen molar-refractivity contribution in [3.63, 3.8) is 0 Å². The van der Waals surface area contributed by atoms with Gasteiger partial charge in [-0.1, -0.05) is 51.1 Å². The van der Waals surface area contributed by atoms with Crippen molar-refractivity contribution in [1.82, 2.24) is 15.7 Å². The van der Waals surface area contributed by atoms with Crippen LogP contribution in [-0.2, 0) is 11.3 Å². The van der Waals surface area contributed by atoms with Crippen molar-refractivity contribution in [2.24, 2.45) is 5.92 Å². The maximum Gasteiger partial charge on any atom is 0.314 e. The van der Waals surface area contributed by atoms with Crippen LogP contribution in [0.25, 0.3) is 0 Å². The Bertz CT molecular complexity index is 609. The molecule has 27 heavy (non-hydrogen) atoms. The molecule has 0 aromatic heterocycles. The van der Waals surface area contributed by atoms with Gasteiger partial charge in [0.05, 0.1) is 6.61 Å². The fourth-order valence-electron chi connectivity index (χ4n) is 4.34. The van der Waals surface area contributed by atoms with E-state index in [0.29, 0.717) is 6.61 Å². The Labute approximate surface area is 164 Å². The molecule has 152 valence electrons. The summed E-state index contributed by atoms with van der Waals surface area (Å²) in [5, 5.41) is 8.12. The Morgan fingerprint density at radius 3 is 2.44 bits per heavy atom. The number of carbonyl (C=O) groups excluding carboxylic acids is 1. The van der Waals surface area contributed by atoms with E-state index >= 15 is 0 Å². The van der Waals surface area contributed by atoms with Crippen molar-refractivity contribution < 1.29 is 9.63 Å². The molecule has 5 nitrogen and oxygen atoms in total. The van der Waals surface area contributed by atoms with Gasteiger partial charge >= 0.3 is 6.03 Å². The van der Waals surface area contributed by atoms with Gasteiger partial charge in [-0.15, -0.1) is 0 Å². The summed E-state index contributed by atoms with van der Waals surface area (Å²) in [7, 11) is 1.67. The number of hydroxylamine groups is 2. The number of benzene rings is 1. The zero-order chi connectivity index (χ0) is 20.1. The van der Waals surface area contributed by atoms with Crippen LogP contribution in [-0.4, -0.2) is 41.9 Å². The summed E-state index contributed by atoms with van der Waals surface area (Å²) in [5.74, 6) is 0.274. The molecule has 0 radical (unpaired) electrons. The summed E-state index contributed by atoms with van der Waals surface area (Å²) in [4.78, 5) is 18.4. The lowest BCUT2D eigenvalue weighted by atomic mass is 9.68. The molecule has 0 saturated carbocycles. The highest BCUT2D eigenvalue weighted by Crippen LogP contribution is 2.45. The van der Waals surface area contributed by atoms with E-state index in [1.165, 1.54) is 5.56 Å². The topological polar surface area (TPSA) is 53.6 Å². The average molecular weight is 376 g/mol. The monoisotopic (exact) mass is 375 g/mol. The van der Waals surface area contributed by atoms with Crippen LogP contribution in [0.1, 0.15) is 59.4 Å². The predicted octanol–water partition coefficient (Wildman–Crippen LogP) is 4.14. The highest BCUT2D eigenvalue weighted by atomic mass is 16.7. The Hall–Kier alpha value is -1.59. The molecule has 1 aromatic rings. The molecule has 2 rings (SSSR count). The number of hydrogen-bond acceptors (Lipinski definition) is 3. The molecule has 4 atom stereocenters. The van der Waals surface area contributed by atoms with E-state index < -0.39 is 0 Å². The third-order valence-corrected chi connectivity index (χ3v) is 6.67. The Kier molecular flexibility index (Phi) is 7.29. The lowest BCUT2D eigenvalue weighted by Crippen LogP contribution is -2.70. The van der Waals surface area contributed by atoms with Gasteiger partial charge in [-0.05, 0) is 51.0 Å². The number of urea groups is 1. The van der Waals surface area contributed by atoms with Gasteiger partial charge in [0.15, 0.2) is 0 Å². The van der Waals surface area contributed by atoms with Crippen LogP contribution >= 0.6 is 0 Å². The Morgan fingerprint density at radius 2 is 1.89 bits per heavy atom. The molecule has 0 bridgehead atoms. The molecule has 2 amide bonds. The first-order chi connectivity index (χ1) is 12.8. The van der Waals surface area contributed by atoms with Crippen LogP contribution in [0.15, 0.2) is 30.3 Å². The summed E-state index contributed by atoms with van der Waals surface area (Å²) in [6.45, 7) is 11.8. The second kappa shape index (κ2) is 9.07. The van der Waals surface area contributed by atoms with Crippen LogP contribution in [0.3, 0.4) is 0 Å². The van der Waals surface area contributed by atoms with E-state index in [1.807, 2.05) is 6.07 Å². The van der Waals surface area contributed by atoms with Crippen LogP contribution in [0, 0.1) is 5.92 Å². The summed E-state index contributed by atoms with van der Waals surface area (Å²) in [6.07, 6.45) is 3.69. The molecule has 1 aliphatic rings. The molecule has 0 spiro atoms. The van der Waals surface area contributed by atoms with Gasteiger partial charge in [0, 0.05) is 24.2 Å². The van der Waals surface area contributed by atoms with E-state index in [-0.39, 0.29) is 29.1 Å². The van der Waals surface area contributed by atoms with Gasteiger partial charge in [0.1, 0.15) is 0 Å². The fourth-order valence-corrected chi connectivity index (χ4v) is 4.34. The van der Waals surface area contributed by atoms with Gasteiger partial charge < -0.3 is 10.6 Å².